The summed E-state index contributed by atoms with van der Waals surface area (Å²) in [6.45, 7) is 12.2. The Morgan fingerprint density at radius 3 is 2.67 bits per heavy atom. The van der Waals surface area contributed by atoms with Gasteiger partial charge in [0, 0.05) is 30.4 Å². The molecule has 5 rings (SSSR count). The topological polar surface area (TPSA) is 66.2 Å². The molecule has 0 aromatic heterocycles. The molecule has 1 saturated heterocycles. The van der Waals surface area contributed by atoms with E-state index >= 15 is 0 Å². The zero-order valence-corrected chi connectivity index (χ0v) is 20.7. The number of fused-ring (bicyclic) bond motifs is 1. The average Bonchev–Trinajstić information content (AvgIpc) is 3.20. The summed E-state index contributed by atoms with van der Waals surface area (Å²) in [5.74, 6) is 0.529. The van der Waals surface area contributed by atoms with Crippen molar-refractivity contribution in [1.29, 1.82) is 0 Å². The van der Waals surface area contributed by atoms with Crippen molar-refractivity contribution in [3.8, 4) is 5.75 Å². The first-order valence-corrected chi connectivity index (χ1v) is 12.7. The van der Waals surface area contributed by atoms with Crippen LogP contribution in [-0.4, -0.2) is 46.8 Å². The molecular weight excluding hydrogens is 452 g/mol. The minimum Gasteiger partial charge on any atom is -0.489 e. The number of carbonyl (C=O) groups excluding carboxylic acids is 2. The lowest BCUT2D eigenvalue weighted by atomic mass is 9.91. The SMILES string of the molecule is [C-]#[N+]c1ccc(CN(C)[C@@H]2CCCC[C@H]2Oc2ccc3c(c2)CN(C2CCC(=C)NC2=O)C3=O)cc1. The number of carbonyl (C=O) groups is 2. The summed E-state index contributed by atoms with van der Waals surface area (Å²) in [4.78, 5) is 33.0. The molecule has 1 unspecified atom stereocenters. The van der Waals surface area contributed by atoms with Crippen LogP contribution in [0.4, 0.5) is 5.69 Å². The van der Waals surface area contributed by atoms with E-state index in [-0.39, 0.29) is 24.0 Å². The fraction of sp³-hybridized carbons (Fsp3) is 0.414. The summed E-state index contributed by atoms with van der Waals surface area (Å²) in [5, 5.41) is 2.79. The normalized spacial score (nSPS) is 23.9. The molecule has 0 radical (unpaired) electrons. The predicted molar refractivity (Wildman–Crippen MR) is 137 cm³/mol. The number of nitrogens with zero attached hydrogens (tertiary/aromatic N) is 3. The van der Waals surface area contributed by atoms with Gasteiger partial charge in [0.2, 0.25) is 5.91 Å². The fourth-order valence-electron chi connectivity index (χ4n) is 5.68. The van der Waals surface area contributed by atoms with Crippen LogP contribution in [0.15, 0.2) is 54.7 Å². The first-order valence-electron chi connectivity index (χ1n) is 12.7. The highest BCUT2D eigenvalue weighted by molar-refractivity contribution is 6.01. The van der Waals surface area contributed by atoms with Crippen LogP contribution in [0.25, 0.3) is 4.85 Å². The van der Waals surface area contributed by atoms with Crippen LogP contribution in [0.2, 0.25) is 0 Å². The molecule has 3 atom stereocenters. The van der Waals surface area contributed by atoms with Gasteiger partial charge in [0.05, 0.1) is 6.57 Å². The van der Waals surface area contributed by atoms with Crippen LogP contribution in [0.1, 0.15) is 60.0 Å². The highest BCUT2D eigenvalue weighted by Crippen LogP contribution is 2.33. The van der Waals surface area contributed by atoms with Gasteiger partial charge >= 0.3 is 0 Å². The van der Waals surface area contributed by atoms with E-state index in [0.29, 0.717) is 36.3 Å². The molecule has 1 aliphatic carbocycles. The number of rotatable bonds is 6. The number of likely N-dealkylation sites (N-methyl/N-ethyl adjacent to an activating group) is 1. The number of allylic oxidation sites excluding steroid dienone is 1. The van der Waals surface area contributed by atoms with E-state index in [4.69, 9.17) is 11.3 Å². The molecule has 1 saturated carbocycles. The van der Waals surface area contributed by atoms with Crippen molar-refractivity contribution in [3.05, 3.63) is 82.8 Å². The highest BCUT2D eigenvalue weighted by atomic mass is 16.5. The van der Waals surface area contributed by atoms with Gasteiger partial charge in [-0.15, -0.1) is 0 Å². The van der Waals surface area contributed by atoms with Crippen molar-refractivity contribution in [2.45, 2.75) is 69.8 Å². The summed E-state index contributed by atoms with van der Waals surface area (Å²) < 4.78 is 6.54. The second kappa shape index (κ2) is 10.2. The molecule has 7 heteroatoms. The maximum Gasteiger partial charge on any atom is 0.255 e. The van der Waals surface area contributed by atoms with Gasteiger partial charge in [-0.1, -0.05) is 37.3 Å². The Morgan fingerprint density at radius 1 is 1.14 bits per heavy atom. The van der Waals surface area contributed by atoms with E-state index in [1.807, 2.05) is 42.5 Å². The Bertz CT molecular complexity index is 1220. The summed E-state index contributed by atoms with van der Waals surface area (Å²) in [7, 11) is 2.14. The second-order valence-electron chi connectivity index (χ2n) is 10.1. The van der Waals surface area contributed by atoms with E-state index in [2.05, 4.69) is 28.7 Å². The fourth-order valence-corrected chi connectivity index (χ4v) is 5.68. The van der Waals surface area contributed by atoms with Crippen LogP contribution in [-0.2, 0) is 17.9 Å². The molecule has 36 heavy (non-hydrogen) atoms. The lowest BCUT2D eigenvalue weighted by Gasteiger charge is -2.38. The molecule has 2 fully saturated rings. The third-order valence-corrected chi connectivity index (χ3v) is 7.63. The van der Waals surface area contributed by atoms with E-state index in [9.17, 15) is 9.59 Å². The average molecular weight is 485 g/mol. The predicted octanol–water partition coefficient (Wildman–Crippen LogP) is 4.81. The number of benzene rings is 2. The molecule has 2 aliphatic heterocycles. The zero-order valence-electron chi connectivity index (χ0n) is 20.7. The van der Waals surface area contributed by atoms with Crippen molar-refractivity contribution in [3.63, 3.8) is 0 Å². The summed E-state index contributed by atoms with van der Waals surface area (Å²) in [6.07, 6.45) is 5.71. The van der Waals surface area contributed by atoms with E-state index < -0.39 is 6.04 Å². The summed E-state index contributed by atoms with van der Waals surface area (Å²) >= 11 is 0. The second-order valence-corrected chi connectivity index (χ2v) is 10.1. The Hall–Kier alpha value is -3.63. The van der Waals surface area contributed by atoms with Crippen LogP contribution in [0, 0.1) is 6.57 Å². The molecule has 186 valence electrons. The Morgan fingerprint density at radius 2 is 1.92 bits per heavy atom. The lowest BCUT2D eigenvalue weighted by molar-refractivity contribution is -0.126. The van der Waals surface area contributed by atoms with Gasteiger partial charge in [-0.2, -0.15) is 0 Å². The number of piperidine rings is 1. The zero-order chi connectivity index (χ0) is 25.2. The molecule has 2 aromatic carbocycles. The number of ether oxygens (including phenoxy) is 1. The molecular formula is C29H32N4O3. The molecule has 2 heterocycles. The van der Waals surface area contributed by atoms with Gasteiger partial charge in [0.25, 0.3) is 5.91 Å². The Labute approximate surface area is 212 Å². The largest absolute Gasteiger partial charge is 0.489 e. The quantitative estimate of drug-likeness (QED) is 0.598. The van der Waals surface area contributed by atoms with E-state index in [0.717, 1.165) is 37.1 Å². The van der Waals surface area contributed by atoms with Gasteiger partial charge < -0.3 is 15.0 Å². The molecule has 3 aliphatic rings. The van der Waals surface area contributed by atoms with Crippen molar-refractivity contribution in [2.75, 3.05) is 7.05 Å². The van der Waals surface area contributed by atoms with Gasteiger partial charge in [-0.3, -0.25) is 14.5 Å². The summed E-state index contributed by atoms with van der Waals surface area (Å²) in [6, 6.07) is 13.3. The Kier molecular flexibility index (Phi) is 6.80. The molecule has 0 bridgehead atoms. The lowest BCUT2D eigenvalue weighted by Crippen LogP contribution is -2.49. The van der Waals surface area contributed by atoms with Gasteiger partial charge in [-0.05, 0) is 68.5 Å². The van der Waals surface area contributed by atoms with E-state index in [1.165, 1.54) is 12.0 Å². The van der Waals surface area contributed by atoms with E-state index in [1.54, 1.807) is 4.90 Å². The van der Waals surface area contributed by atoms with Gasteiger partial charge in [-0.25, -0.2) is 4.85 Å². The third kappa shape index (κ3) is 4.87. The molecule has 2 aromatic rings. The maximum absolute atomic E-state index is 13.0. The van der Waals surface area contributed by atoms with Crippen LogP contribution >= 0.6 is 0 Å². The van der Waals surface area contributed by atoms with Crippen LogP contribution in [0.5, 0.6) is 5.75 Å². The minimum atomic E-state index is -0.458. The van der Waals surface area contributed by atoms with Crippen LogP contribution in [0.3, 0.4) is 0 Å². The number of hydrogen-bond donors (Lipinski definition) is 1. The smallest absolute Gasteiger partial charge is 0.255 e. The van der Waals surface area contributed by atoms with Gasteiger partial charge in [0.15, 0.2) is 5.69 Å². The first kappa shape index (κ1) is 24.1. The standard InChI is InChI=1S/C29H32N4O3/c1-19-8-15-26(28(34)31-19)33-18-21-16-23(13-14-24(21)29(33)35)36-27-7-5-4-6-25(27)32(3)17-20-9-11-22(30-2)12-10-20/h9-14,16,25-27H,1,4-8,15,17-18H2,3H3,(H,31,34)/t25-,26?,27-/m1/s1. The van der Waals surface area contributed by atoms with Crippen molar-refractivity contribution >= 4 is 17.5 Å². The highest BCUT2D eigenvalue weighted by Gasteiger charge is 2.38. The monoisotopic (exact) mass is 484 g/mol. The third-order valence-electron chi connectivity index (χ3n) is 7.63. The Balaban J connectivity index is 1.27. The molecule has 1 N–H and O–H groups in total. The first-order chi connectivity index (χ1) is 17.4. The van der Waals surface area contributed by atoms with Crippen molar-refractivity contribution in [1.82, 2.24) is 15.1 Å². The van der Waals surface area contributed by atoms with Crippen molar-refractivity contribution in [2.24, 2.45) is 0 Å². The van der Waals surface area contributed by atoms with Crippen LogP contribution < -0.4 is 10.1 Å². The maximum atomic E-state index is 13.0. The summed E-state index contributed by atoms with van der Waals surface area (Å²) in [5.41, 5.74) is 4.11. The molecule has 2 amide bonds. The van der Waals surface area contributed by atoms with Crippen molar-refractivity contribution < 1.29 is 14.3 Å². The number of nitrogens with one attached hydrogen (secondary N) is 1. The number of hydrogen-bond acceptors (Lipinski definition) is 4. The minimum absolute atomic E-state index is 0.0626. The molecule has 0 spiro atoms. The number of amides is 2. The molecule has 7 nitrogen and oxygen atoms in total. The van der Waals surface area contributed by atoms with Gasteiger partial charge in [0.1, 0.15) is 17.9 Å².